The average Bonchev–Trinajstić information content (AvgIpc) is 2.81. The van der Waals surface area contributed by atoms with Crippen molar-refractivity contribution < 1.29 is 13.9 Å². The van der Waals surface area contributed by atoms with Gasteiger partial charge in [0, 0.05) is 24.3 Å². The minimum absolute atomic E-state index is 0.139. The molecule has 0 saturated carbocycles. The normalized spacial score (nSPS) is 13.1. The molecular formula is C26H26FN3O2. The predicted molar refractivity (Wildman–Crippen MR) is 125 cm³/mol. The molecule has 0 bridgehead atoms. The number of amides is 1. The van der Waals surface area contributed by atoms with Gasteiger partial charge in [-0.1, -0.05) is 30.3 Å². The van der Waals surface area contributed by atoms with Gasteiger partial charge in [-0.25, -0.2) is 9.82 Å². The number of ether oxygens (including phenoxy) is 1. The Hall–Kier alpha value is -3.67. The molecule has 0 aliphatic carbocycles. The summed E-state index contributed by atoms with van der Waals surface area (Å²) in [5.74, 6) is 0.243. The van der Waals surface area contributed by atoms with E-state index < -0.39 is 0 Å². The molecule has 5 nitrogen and oxygen atoms in total. The molecule has 1 aliphatic rings. The van der Waals surface area contributed by atoms with Crippen LogP contribution in [0, 0.1) is 5.82 Å². The van der Waals surface area contributed by atoms with Crippen LogP contribution in [0.1, 0.15) is 28.7 Å². The second-order valence-corrected chi connectivity index (χ2v) is 7.82. The van der Waals surface area contributed by atoms with Crippen molar-refractivity contribution in [3.05, 3.63) is 94.8 Å². The van der Waals surface area contributed by atoms with Crippen LogP contribution in [-0.2, 0) is 24.2 Å². The summed E-state index contributed by atoms with van der Waals surface area (Å²) in [5.41, 5.74) is 7.84. The highest BCUT2D eigenvalue weighted by Crippen LogP contribution is 2.30. The van der Waals surface area contributed by atoms with E-state index in [2.05, 4.69) is 39.7 Å². The third-order valence-electron chi connectivity index (χ3n) is 5.55. The van der Waals surface area contributed by atoms with Crippen LogP contribution in [0.25, 0.3) is 0 Å². The fraction of sp³-hybridized carbons (Fsp3) is 0.231. The summed E-state index contributed by atoms with van der Waals surface area (Å²) in [6, 6.07) is 20.2. The van der Waals surface area contributed by atoms with Gasteiger partial charge in [-0.2, -0.15) is 5.10 Å². The van der Waals surface area contributed by atoms with Crippen LogP contribution < -0.4 is 15.1 Å². The van der Waals surface area contributed by atoms with E-state index in [4.69, 9.17) is 4.74 Å². The van der Waals surface area contributed by atoms with Crippen molar-refractivity contribution in [2.75, 3.05) is 18.6 Å². The Morgan fingerprint density at radius 2 is 1.97 bits per heavy atom. The molecule has 0 unspecified atom stereocenters. The molecule has 3 aromatic rings. The van der Waals surface area contributed by atoms with Crippen molar-refractivity contribution in [2.24, 2.45) is 5.10 Å². The van der Waals surface area contributed by atoms with Gasteiger partial charge in [0.05, 0.1) is 19.7 Å². The van der Waals surface area contributed by atoms with Crippen LogP contribution in [-0.4, -0.2) is 25.8 Å². The molecule has 1 amide bonds. The third-order valence-corrected chi connectivity index (χ3v) is 5.55. The van der Waals surface area contributed by atoms with Gasteiger partial charge in [-0.3, -0.25) is 4.79 Å². The molecule has 0 fully saturated rings. The number of aryl methyl sites for hydroxylation is 1. The van der Waals surface area contributed by atoms with Gasteiger partial charge in [0.25, 0.3) is 0 Å². The van der Waals surface area contributed by atoms with E-state index in [1.54, 1.807) is 25.5 Å². The molecular weight excluding hydrogens is 405 g/mol. The molecule has 0 spiro atoms. The zero-order chi connectivity index (χ0) is 22.3. The Morgan fingerprint density at radius 3 is 2.78 bits per heavy atom. The first kappa shape index (κ1) is 21.6. The minimum Gasteiger partial charge on any atom is -0.496 e. The van der Waals surface area contributed by atoms with E-state index in [9.17, 15) is 9.18 Å². The summed E-state index contributed by atoms with van der Waals surface area (Å²) in [4.78, 5) is 14.5. The number of methoxy groups -OCH3 is 1. The van der Waals surface area contributed by atoms with Crippen molar-refractivity contribution in [1.29, 1.82) is 0 Å². The third kappa shape index (κ3) is 5.32. The van der Waals surface area contributed by atoms with Crippen molar-refractivity contribution in [2.45, 2.75) is 25.8 Å². The summed E-state index contributed by atoms with van der Waals surface area (Å²) in [7, 11) is 1.67. The second kappa shape index (κ2) is 10.1. The average molecular weight is 432 g/mol. The maximum atomic E-state index is 13.0. The van der Waals surface area contributed by atoms with Crippen molar-refractivity contribution in [3.63, 3.8) is 0 Å². The summed E-state index contributed by atoms with van der Waals surface area (Å²) >= 11 is 0. The van der Waals surface area contributed by atoms with E-state index >= 15 is 0 Å². The van der Waals surface area contributed by atoms with E-state index in [-0.39, 0.29) is 18.1 Å². The maximum Gasteiger partial charge on any atom is 0.244 e. The number of para-hydroxylation sites is 1. The summed E-state index contributed by atoms with van der Waals surface area (Å²) in [5, 5.41) is 4.08. The minimum atomic E-state index is -0.324. The first-order chi connectivity index (χ1) is 15.6. The zero-order valence-corrected chi connectivity index (χ0v) is 18.1. The Balaban J connectivity index is 1.43. The number of halogens is 1. The van der Waals surface area contributed by atoms with E-state index in [1.807, 2.05) is 18.2 Å². The number of hydrogen-bond acceptors (Lipinski definition) is 4. The number of benzene rings is 3. The van der Waals surface area contributed by atoms with Gasteiger partial charge in [-0.15, -0.1) is 0 Å². The van der Waals surface area contributed by atoms with Crippen LogP contribution in [0.2, 0.25) is 0 Å². The molecule has 1 heterocycles. The summed E-state index contributed by atoms with van der Waals surface area (Å²) < 4.78 is 18.6. The highest BCUT2D eigenvalue weighted by Gasteiger charge is 2.18. The number of hydrazone groups is 1. The van der Waals surface area contributed by atoms with Crippen LogP contribution in [0.5, 0.6) is 5.75 Å². The fourth-order valence-electron chi connectivity index (χ4n) is 3.99. The zero-order valence-electron chi connectivity index (χ0n) is 18.1. The lowest BCUT2D eigenvalue weighted by Gasteiger charge is -2.31. The van der Waals surface area contributed by atoms with Crippen molar-refractivity contribution in [3.8, 4) is 5.75 Å². The molecule has 164 valence electrons. The monoisotopic (exact) mass is 431 g/mol. The van der Waals surface area contributed by atoms with Crippen molar-refractivity contribution in [1.82, 2.24) is 5.43 Å². The Labute approximate surface area is 187 Å². The fourth-order valence-corrected chi connectivity index (χ4v) is 3.99. The molecule has 1 aliphatic heterocycles. The number of hydrogen-bond donors (Lipinski definition) is 1. The topological polar surface area (TPSA) is 53.9 Å². The van der Waals surface area contributed by atoms with Crippen LogP contribution in [0.3, 0.4) is 0 Å². The Morgan fingerprint density at radius 1 is 1.16 bits per heavy atom. The largest absolute Gasteiger partial charge is 0.496 e. The van der Waals surface area contributed by atoms with Gasteiger partial charge < -0.3 is 9.64 Å². The maximum absolute atomic E-state index is 13.0. The summed E-state index contributed by atoms with van der Waals surface area (Å²) in [6.45, 7) is 1.73. The quantitative estimate of drug-likeness (QED) is 0.443. The number of anilines is 1. The highest BCUT2D eigenvalue weighted by molar-refractivity contribution is 5.83. The predicted octanol–water partition coefficient (Wildman–Crippen LogP) is 4.48. The molecule has 0 radical (unpaired) electrons. The van der Waals surface area contributed by atoms with Crippen LogP contribution >= 0.6 is 0 Å². The number of nitrogens with zero attached hydrogens (tertiary/aromatic N) is 2. The van der Waals surface area contributed by atoms with Gasteiger partial charge in [0.1, 0.15) is 11.6 Å². The molecule has 4 rings (SSSR count). The highest BCUT2D eigenvalue weighted by atomic mass is 19.1. The van der Waals surface area contributed by atoms with Gasteiger partial charge in [0.15, 0.2) is 0 Å². The van der Waals surface area contributed by atoms with E-state index in [1.165, 1.54) is 23.4 Å². The first-order valence-electron chi connectivity index (χ1n) is 10.7. The second-order valence-electron chi connectivity index (χ2n) is 7.82. The molecule has 32 heavy (non-hydrogen) atoms. The Bertz CT molecular complexity index is 1110. The molecule has 0 atom stereocenters. The van der Waals surface area contributed by atoms with Gasteiger partial charge in [0.2, 0.25) is 5.91 Å². The molecule has 0 aromatic heterocycles. The SMILES string of the molecule is COc1ccc(/C=N/NC(=O)Cc2ccc(F)cc2)cc1CN1CCCc2ccccc21. The van der Waals surface area contributed by atoms with Gasteiger partial charge in [-0.05, 0) is 65.9 Å². The van der Waals surface area contributed by atoms with Crippen LogP contribution in [0.4, 0.5) is 10.1 Å². The molecule has 0 saturated heterocycles. The standard InChI is InChI=1S/C26H26FN3O2/c1-32-25-13-10-20(17-28-29-26(31)16-19-8-11-23(27)12-9-19)15-22(25)18-30-14-4-6-21-5-2-3-7-24(21)30/h2-3,5,7-13,15,17H,4,6,14,16,18H2,1H3,(H,29,31)/b28-17+. The van der Waals surface area contributed by atoms with Gasteiger partial charge >= 0.3 is 0 Å². The smallest absolute Gasteiger partial charge is 0.244 e. The first-order valence-corrected chi connectivity index (χ1v) is 10.7. The lowest BCUT2D eigenvalue weighted by Crippen LogP contribution is -2.29. The molecule has 6 heteroatoms. The molecule has 1 N–H and O–H groups in total. The number of fused-ring (bicyclic) bond motifs is 1. The molecule has 3 aromatic carbocycles. The number of carbonyl (C=O) groups excluding carboxylic acids is 1. The lowest BCUT2D eigenvalue weighted by molar-refractivity contribution is -0.120. The number of nitrogens with one attached hydrogen (secondary N) is 1. The summed E-state index contributed by atoms with van der Waals surface area (Å²) in [6.07, 6.45) is 3.99. The lowest BCUT2D eigenvalue weighted by atomic mass is 10.0. The number of rotatable bonds is 7. The number of carbonyl (C=O) groups is 1. The van der Waals surface area contributed by atoms with Crippen molar-refractivity contribution >= 4 is 17.8 Å². The van der Waals surface area contributed by atoms with E-state index in [0.717, 1.165) is 48.4 Å². The van der Waals surface area contributed by atoms with Crippen LogP contribution in [0.15, 0.2) is 71.8 Å². The Kier molecular flexibility index (Phi) is 6.80. The van der Waals surface area contributed by atoms with E-state index in [0.29, 0.717) is 0 Å².